The normalized spacial score (nSPS) is 41.7. The zero-order valence-corrected chi connectivity index (χ0v) is 31.8. The van der Waals surface area contributed by atoms with E-state index in [1.54, 1.807) is 16.8 Å². The van der Waals surface area contributed by atoms with Gasteiger partial charge in [0, 0.05) is 35.1 Å². The third kappa shape index (κ3) is 5.23. The molecule has 9 aliphatic carbocycles. The summed E-state index contributed by atoms with van der Waals surface area (Å²) in [4.78, 5) is 3.13. The fourth-order valence-electron chi connectivity index (χ4n) is 14.3. The first-order chi connectivity index (χ1) is 25.6. The van der Waals surface area contributed by atoms with Gasteiger partial charge in [0.2, 0.25) is 0 Å². The second kappa shape index (κ2) is 13.5. The maximum atomic E-state index is 4.83. The Morgan fingerprint density at radius 2 is 1.67 bits per heavy atom. The van der Waals surface area contributed by atoms with Gasteiger partial charge in [-0.3, -0.25) is 0 Å². The Morgan fingerprint density at radius 3 is 2.52 bits per heavy atom. The van der Waals surface area contributed by atoms with Crippen LogP contribution in [0.25, 0.3) is 0 Å². The van der Waals surface area contributed by atoms with Crippen molar-refractivity contribution in [1.29, 1.82) is 0 Å². The number of nitrogens with one attached hydrogen (secondary N) is 1. The first-order valence-corrected chi connectivity index (χ1v) is 21.7. The highest BCUT2D eigenvalue weighted by Gasteiger charge is 2.71. The fraction of sp³-hybridized carbons (Fsp3) is 0.560. The number of anilines is 1. The van der Waals surface area contributed by atoms with Gasteiger partial charge in [0.1, 0.15) is 0 Å². The Labute approximate surface area is 314 Å². The van der Waals surface area contributed by atoms with Crippen molar-refractivity contribution >= 4 is 5.69 Å². The Hall–Kier alpha value is -3.26. The Kier molecular flexibility index (Phi) is 8.68. The molecule has 1 aromatic carbocycles. The number of benzene rings is 1. The predicted molar refractivity (Wildman–Crippen MR) is 217 cm³/mol. The van der Waals surface area contributed by atoms with Crippen molar-refractivity contribution in [1.82, 2.24) is 4.90 Å². The van der Waals surface area contributed by atoms with Crippen molar-refractivity contribution < 1.29 is 0 Å². The van der Waals surface area contributed by atoms with Crippen molar-refractivity contribution in [3.05, 3.63) is 126 Å². The van der Waals surface area contributed by atoms with Crippen LogP contribution in [-0.4, -0.2) is 17.0 Å². The SMILES string of the molecule is C=C1CCCC1N(C1=CCCC2C1C1CCC=CC1C21C2C=C(Nc3ccccc3)CCC2[C@H]2C=CC=CC21)C1CC(C2=CCCCC2)=CC[C@@H]1C. The van der Waals surface area contributed by atoms with Crippen molar-refractivity contribution in [2.75, 3.05) is 5.32 Å². The third-order valence-electron chi connectivity index (χ3n) is 16.2. The number of nitrogens with zero attached hydrogens (tertiary/aromatic N) is 1. The molecule has 12 atom stereocenters. The minimum absolute atomic E-state index is 0.265. The first kappa shape index (κ1) is 33.3. The molecular weight excluding hydrogens is 629 g/mol. The molecule has 1 spiro atoms. The molecule has 10 unspecified atom stereocenters. The molecule has 0 bridgehead atoms. The quantitative estimate of drug-likeness (QED) is 0.299. The third-order valence-corrected chi connectivity index (χ3v) is 16.2. The minimum Gasteiger partial charge on any atom is -0.365 e. The summed E-state index contributed by atoms with van der Waals surface area (Å²) in [7, 11) is 0. The minimum atomic E-state index is 0.265. The summed E-state index contributed by atoms with van der Waals surface area (Å²) in [6, 6.07) is 12.0. The fourth-order valence-corrected chi connectivity index (χ4v) is 14.3. The van der Waals surface area contributed by atoms with Crippen LogP contribution >= 0.6 is 0 Å². The molecule has 0 amide bonds. The van der Waals surface area contributed by atoms with E-state index in [0.717, 1.165) is 11.8 Å². The van der Waals surface area contributed by atoms with Crippen molar-refractivity contribution in [3.63, 3.8) is 0 Å². The van der Waals surface area contributed by atoms with E-state index >= 15 is 0 Å². The highest BCUT2D eigenvalue weighted by Crippen LogP contribution is 2.76. The highest BCUT2D eigenvalue weighted by atomic mass is 15.2. The maximum Gasteiger partial charge on any atom is 0.0500 e. The van der Waals surface area contributed by atoms with Crippen LogP contribution in [0.1, 0.15) is 103 Å². The monoisotopic (exact) mass is 690 g/mol. The summed E-state index contributed by atoms with van der Waals surface area (Å²) in [5.74, 6) is 6.02. The molecule has 9 aliphatic rings. The van der Waals surface area contributed by atoms with Crippen LogP contribution in [0.5, 0.6) is 0 Å². The van der Waals surface area contributed by atoms with Crippen LogP contribution in [0.4, 0.5) is 5.69 Å². The van der Waals surface area contributed by atoms with E-state index in [9.17, 15) is 0 Å². The zero-order chi connectivity index (χ0) is 34.8. The number of para-hydroxylation sites is 1. The number of fused-ring (bicyclic) bond motifs is 10. The summed E-state index contributed by atoms with van der Waals surface area (Å²) in [6.07, 6.45) is 45.7. The van der Waals surface area contributed by atoms with Gasteiger partial charge >= 0.3 is 0 Å². The molecule has 2 nitrogen and oxygen atoms in total. The summed E-state index contributed by atoms with van der Waals surface area (Å²) in [5, 5.41) is 3.94. The van der Waals surface area contributed by atoms with Crippen molar-refractivity contribution in [2.45, 2.75) is 115 Å². The highest BCUT2D eigenvalue weighted by molar-refractivity contribution is 5.49. The summed E-state index contributed by atoms with van der Waals surface area (Å²) >= 11 is 0. The van der Waals surface area contributed by atoms with Gasteiger partial charge < -0.3 is 10.2 Å². The van der Waals surface area contributed by atoms with Gasteiger partial charge in [-0.2, -0.15) is 0 Å². The molecule has 10 rings (SSSR count). The molecule has 0 aromatic heterocycles. The summed E-state index contributed by atoms with van der Waals surface area (Å²) < 4.78 is 0. The van der Waals surface area contributed by atoms with E-state index in [-0.39, 0.29) is 5.41 Å². The Morgan fingerprint density at radius 1 is 0.769 bits per heavy atom. The summed E-state index contributed by atoms with van der Waals surface area (Å²) in [5.41, 5.74) is 9.65. The van der Waals surface area contributed by atoms with Crippen LogP contribution in [0, 0.1) is 58.7 Å². The van der Waals surface area contributed by atoms with Gasteiger partial charge in [0.15, 0.2) is 0 Å². The molecule has 0 saturated heterocycles. The van der Waals surface area contributed by atoms with Gasteiger partial charge in [-0.05, 0) is 172 Å². The molecule has 3 fully saturated rings. The molecule has 272 valence electrons. The lowest BCUT2D eigenvalue weighted by Gasteiger charge is -2.51. The molecule has 1 aromatic rings. The molecule has 1 N–H and O–H groups in total. The molecule has 2 heteroatoms. The van der Waals surface area contributed by atoms with Gasteiger partial charge in [-0.15, -0.1) is 0 Å². The first-order valence-electron chi connectivity index (χ1n) is 21.7. The largest absolute Gasteiger partial charge is 0.365 e. The van der Waals surface area contributed by atoms with Crippen LogP contribution in [0.2, 0.25) is 0 Å². The van der Waals surface area contributed by atoms with E-state index in [1.165, 1.54) is 113 Å². The lowest BCUT2D eigenvalue weighted by molar-refractivity contribution is 0.0414. The van der Waals surface area contributed by atoms with Gasteiger partial charge in [0.25, 0.3) is 0 Å². The average Bonchev–Trinajstić information content (AvgIpc) is 3.84. The van der Waals surface area contributed by atoms with Crippen LogP contribution in [-0.2, 0) is 0 Å². The Bertz CT molecular complexity index is 1770. The summed E-state index contributed by atoms with van der Waals surface area (Å²) in [6.45, 7) is 7.41. The molecule has 52 heavy (non-hydrogen) atoms. The van der Waals surface area contributed by atoms with E-state index in [0.29, 0.717) is 53.5 Å². The van der Waals surface area contributed by atoms with Crippen LogP contribution < -0.4 is 5.32 Å². The van der Waals surface area contributed by atoms with Crippen molar-refractivity contribution in [2.24, 2.45) is 58.7 Å². The standard InChI is InChI=1S/C50H62N2/c1-33-15-13-25-46(33)52(48-31-36(28-27-34(48)2)35-16-5-3-6-17-35)47-26-14-24-44-49(47)41-21-10-12-23-43(41)50(44)42-22-11-9-20-39(42)40-30-29-38(32-45(40)50)51-37-18-7-4-8-19-37/h4,7-9,11-12,16,18-20,22-23,26,28,32,34,39-46,48-49,51H,1,3,5-6,10,13-15,17,21,24-25,27,29-31H2,2H3/t34-,39+,40?,41?,42?,43?,44?,45?,46?,48?,49?,50?/m0/s1. The van der Waals surface area contributed by atoms with Gasteiger partial charge in [-0.25, -0.2) is 0 Å². The second-order valence-corrected chi connectivity index (χ2v) is 18.5. The average molecular weight is 691 g/mol. The smallest absolute Gasteiger partial charge is 0.0500 e. The number of hydrogen-bond donors (Lipinski definition) is 1. The number of rotatable bonds is 6. The number of allylic oxidation sites excluding steroid dienone is 13. The molecule has 3 saturated carbocycles. The van der Waals surface area contributed by atoms with Gasteiger partial charge in [-0.1, -0.05) is 98.0 Å². The number of hydrogen-bond acceptors (Lipinski definition) is 2. The molecule has 0 radical (unpaired) electrons. The maximum absolute atomic E-state index is 4.83. The van der Waals surface area contributed by atoms with E-state index < -0.39 is 0 Å². The Balaban J connectivity index is 1.08. The topological polar surface area (TPSA) is 15.3 Å². The lowest BCUT2D eigenvalue weighted by atomic mass is 9.55. The second-order valence-electron chi connectivity index (χ2n) is 18.5. The van der Waals surface area contributed by atoms with Gasteiger partial charge in [0.05, 0.1) is 0 Å². The van der Waals surface area contributed by atoms with Crippen LogP contribution in [0.15, 0.2) is 126 Å². The van der Waals surface area contributed by atoms with E-state index in [2.05, 4.69) is 108 Å². The molecular formula is C50H62N2. The lowest BCUT2D eigenvalue weighted by Crippen LogP contribution is -2.50. The van der Waals surface area contributed by atoms with E-state index in [1.807, 2.05) is 0 Å². The molecule has 0 aliphatic heterocycles. The predicted octanol–water partition coefficient (Wildman–Crippen LogP) is 12.5. The van der Waals surface area contributed by atoms with Crippen molar-refractivity contribution in [3.8, 4) is 0 Å². The van der Waals surface area contributed by atoms with E-state index in [4.69, 9.17) is 6.58 Å². The van der Waals surface area contributed by atoms with Crippen LogP contribution in [0.3, 0.4) is 0 Å². The molecule has 0 heterocycles. The zero-order valence-electron chi connectivity index (χ0n) is 31.8.